The number of hydrogen-bond acceptors (Lipinski definition) is 3. The first-order valence-electron chi connectivity index (χ1n) is 7.64. The highest BCUT2D eigenvalue weighted by Crippen LogP contribution is 2.05. The van der Waals surface area contributed by atoms with E-state index in [1.807, 2.05) is 24.3 Å². The van der Waals surface area contributed by atoms with Gasteiger partial charge in [0.2, 0.25) is 5.91 Å². The SMILES string of the molecule is O=C(CCCc1ccccc1)NCC#CCOc1cccnc1. The zero-order chi connectivity index (χ0) is 16.2. The van der Waals surface area contributed by atoms with Gasteiger partial charge < -0.3 is 10.1 Å². The van der Waals surface area contributed by atoms with Gasteiger partial charge in [0.05, 0.1) is 12.7 Å². The fourth-order valence-corrected chi connectivity index (χ4v) is 1.99. The number of amides is 1. The Bertz CT molecular complexity index is 645. The van der Waals surface area contributed by atoms with Crippen molar-refractivity contribution in [3.63, 3.8) is 0 Å². The minimum Gasteiger partial charge on any atom is -0.479 e. The van der Waals surface area contributed by atoms with Crippen molar-refractivity contribution in [1.82, 2.24) is 10.3 Å². The maximum absolute atomic E-state index is 11.7. The second-order valence-electron chi connectivity index (χ2n) is 4.95. The number of carbonyl (C=O) groups excluding carboxylic acids is 1. The second kappa shape index (κ2) is 10.0. The van der Waals surface area contributed by atoms with E-state index in [4.69, 9.17) is 4.74 Å². The van der Waals surface area contributed by atoms with E-state index in [0.717, 1.165) is 12.8 Å². The standard InChI is InChI=1S/C19H20N2O2/c22-19(12-6-10-17-8-2-1-3-9-17)21-14-4-5-15-23-18-11-7-13-20-16-18/h1-3,7-9,11,13,16H,6,10,12,14-15H2,(H,21,22). The fourth-order valence-electron chi connectivity index (χ4n) is 1.99. The molecule has 0 fully saturated rings. The molecule has 1 N–H and O–H groups in total. The first-order chi connectivity index (χ1) is 11.3. The number of hydrogen-bond donors (Lipinski definition) is 1. The predicted octanol–water partition coefficient (Wildman–Crippen LogP) is 2.60. The molecular weight excluding hydrogens is 288 g/mol. The number of pyridine rings is 1. The molecule has 0 bridgehead atoms. The molecule has 1 aromatic heterocycles. The highest BCUT2D eigenvalue weighted by atomic mass is 16.5. The summed E-state index contributed by atoms with van der Waals surface area (Å²) in [4.78, 5) is 15.6. The lowest BCUT2D eigenvalue weighted by Crippen LogP contribution is -2.23. The predicted molar refractivity (Wildman–Crippen MR) is 89.9 cm³/mol. The largest absolute Gasteiger partial charge is 0.479 e. The zero-order valence-electron chi connectivity index (χ0n) is 13.0. The molecule has 4 nitrogen and oxygen atoms in total. The number of rotatable bonds is 7. The summed E-state index contributed by atoms with van der Waals surface area (Å²) in [5.41, 5.74) is 1.26. The van der Waals surface area contributed by atoms with Crippen LogP contribution in [0.5, 0.6) is 5.75 Å². The molecule has 1 heterocycles. The Kier molecular flexibility index (Phi) is 7.21. The third-order valence-electron chi connectivity index (χ3n) is 3.16. The topological polar surface area (TPSA) is 51.2 Å². The van der Waals surface area contributed by atoms with Gasteiger partial charge in [-0.1, -0.05) is 42.2 Å². The van der Waals surface area contributed by atoms with Crippen molar-refractivity contribution in [2.45, 2.75) is 19.3 Å². The molecule has 23 heavy (non-hydrogen) atoms. The van der Waals surface area contributed by atoms with Crippen molar-refractivity contribution in [2.75, 3.05) is 13.2 Å². The van der Waals surface area contributed by atoms with Gasteiger partial charge in [-0.15, -0.1) is 0 Å². The summed E-state index contributed by atoms with van der Waals surface area (Å²) in [6.45, 7) is 0.635. The first-order valence-corrected chi connectivity index (χ1v) is 7.64. The molecule has 2 aromatic rings. The van der Waals surface area contributed by atoms with Crippen LogP contribution in [-0.2, 0) is 11.2 Å². The number of aryl methyl sites for hydroxylation is 1. The fraction of sp³-hybridized carbons (Fsp3) is 0.263. The van der Waals surface area contributed by atoms with Gasteiger partial charge in [0.15, 0.2) is 0 Å². The van der Waals surface area contributed by atoms with Crippen LogP contribution >= 0.6 is 0 Å². The van der Waals surface area contributed by atoms with Crippen LogP contribution in [0.25, 0.3) is 0 Å². The molecule has 2 rings (SSSR count). The number of aromatic nitrogens is 1. The monoisotopic (exact) mass is 308 g/mol. The van der Waals surface area contributed by atoms with Crippen LogP contribution in [0.4, 0.5) is 0 Å². The summed E-state index contributed by atoms with van der Waals surface area (Å²) in [7, 11) is 0. The Morgan fingerprint density at radius 3 is 2.78 bits per heavy atom. The number of ether oxygens (including phenoxy) is 1. The molecular formula is C19H20N2O2. The minimum absolute atomic E-state index is 0.0309. The molecule has 0 aliphatic heterocycles. The van der Waals surface area contributed by atoms with Crippen molar-refractivity contribution in [3.05, 3.63) is 60.4 Å². The van der Waals surface area contributed by atoms with Gasteiger partial charge in [0.25, 0.3) is 0 Å². The van der Waals surface area contributed by atoms with Gasteiger partial charge in [-0.05, 0) is 30.5 Å². The normalized spacial score (nSPS) is 9.57. The van der Waals surface area contributed by atoms with E-state index in [2.05, 4.69) is 34.3 Å². The van der Waals surface area contributed by atoms with Crippen LogP contribution < -0.4 is 10.1 Å². The highest BCUT2D eigenvalue weighted by Gasteiger charge is 1.99. The average Bonchev–Trinajstić information content (AvgIpc) is 2.60. The van der Waals surface area contributed by atoms with Gasteiger partial charge in [0.1, 0.15) is 12.4 Å². The van der Waals surface area contributed by atoms with Crippen molar-refractivity contribution < 1.29 is 9.53 Å². The molecule has 1 aromatic carbocycles. The van der Waals surface area contributed by atoms with Gasteiger partial charge in [-0.2, -0.15) is 0 Å². The summed E-state index contributed by atoms with van der Waals surface area (Å²) >= 11 is 0. The summed E-state index contributed by atoms with van der Waals surface area (Å²) < 4.78 is 5.38. The molecule has 0 atom stereocenters. The number of carbonyl (C=O) groups is 1. The molecule has 0 unspecified atom stereocenters. The molecule has 4 heteroatoms. The maximum atomic E-state index is 11.7. The Hall–Kier alpha value is -2.80. The van der Waals surface area contributed by atoms with Crippen molar-refractivity contribution in [1.29, 1.82) is 0 Å². The molecule has 1 amide bonds. The van der Waals surface area contributed by atoms with Gasteiger partial charge in [-0.3, -0.25) is 9.78 Å². The van der Waals surface area contributed by atoms with E-state index >= 15 is 0 Å². The van der Waals surface area contributed by atoms with Gasteiger partial charge in [-0.25, -0.2) is 0 Å². The summed E-state index contributed by atoms with van der Waals surface area (Å²) in [5, 5.41) is 2.79. The molecule has 118 valence electrons. The Balaban J connectivity index is 1.54. The Labute approximate surface area is 136 Å². The van der Waals surface area contributed by atoms with Crippen molar-refractivity contribution in [2.24, 2.45) is 0 Å². The number of nitrogens with zero attached hydrogens (tertiary/aromatic N) is 1. The van der Waals surface area contributed by atoms with Gasteiger partial charge in [0, 0.05) is 12.6 Å². The molecule has 0 radical (unpaired) electrons. The summed E-state index contributed by atoms with van der Waals surface area (Å²) in [6.07, 6.45) is 5.59. The van der Waals surface area contributed by atoms with Crippen LogP contribution in [0, 0.1) is 11.8 Å². The van der Waals surface area contributed by atoms with Crippen LogP contribution in [0.15, 0.2) is 54.9 Å². The molecule has 0 saturated heterocycles. The first kappa shape index (κ1) is 16.6. The van der Waals surface area contributed by atoms with E-state index < -0.39 is 0 Å². The molecule has 0 aliphatic carbocycles. The van der Waals surface area contributed by atoms with E-state index in [9.17, 15) is 4.79 Å². The van der Waals surface area contributed by atoms with Crippen LogP contribution in [-0.4, -0.2) is 24.0 Å². The lowest BCUT2D eigenvalue weighted by atomic mass is 10.1. The van der Waals surface area contributed by atoms with Crippen molar-refractivity contribution >= 4 is 5.91 Å². The summed E-state index contributed by atoms with van der Waals surface area (Å²) in [5.74, 6) is 6.44. The van der Waals surface area contributed by atoms with E-state index in [1.54, 1.807) is 18.5 Å². The number of benzene rings is 1. The van der Waals surface area contributed by atoms with Crippen LogP contribution in [0.3, 0.4) is 0 Å². The third-order valence-corrected chi connectivity index (χ3v) is 3.16. The lowest BCUT2D eigenvalue weighted by Gasteiger charge is -2.02. The molecule has 0 saturated carbocycles. The maximum Gasteiger partial charge on any atom is 0.220 e. The lowest BCUT2D eigenvalue weighted by molar-refractivity contribution is -0.120. The van der Waals surface area contributed by atoms with E-state index in [-0.39, 0.29) is 12.5 Å². The average molecular weight is 308 g/mol. The third kappa shape index (κ3) is 7.14. The van der Waals surface area contributed by atoms with Gasteiger partial charge >= 0.3 is 0 Å². The van der Waals surface area contributed by atoms with E-state index in [0.29, 0.717) is 18.7 Å². The highest BCUT2D eigenvalue weighted by molar-refractivity contribution is 5.76. The minimum atomic E-state index is 0.0309. The van der Waals surface area contributed by atoms with E-state index in [1.165, 1.54) is 5.56 Å². The Morgan fingerprint density at radius 2 is 2.00 bits per heavy atom. The molecule has 0 spiro atoms. The Morgan fingerprint density at radius 1 is 1.13 bits per heavy atom. The number of nitrogens with one attached hydrogen (secondary N) is 1. The smallest absolute Gasteiger partial charge is 0.220 e. The zero-order valence-corrected chi connectivity index (χ0v) is 13.0. The van der Waals surface area contributed by atoms with Crippen molar-refractivity contribution in [3.8, 4) is 17.6 Å². The summed E-state index contributed by atoms with van der Waals surface area (Å²) in [6, 6.07) is 13.8. The van der Waals surface area contributed by atoms with Crippen LogP contribution in [0.2, 0.25) is 0 Å². The second-order valence-corrected chi connectivity index (χ2v) is 4.95. The molecule has 0 aliphatic rings. The van der Waals surface area contributed by atoms with Crippen LogP contribution in [0.1, 0.15) is 18.4 Å². The quantitative estimate of drug-likeness (QED) is 0.800.